The number of benzene rings is 3. The predicted molar refractivity (Wildman–Crippen MR) is 132 cm³/mol. The Morgan fingerprint density at radius 1 is 1.09 bits per heavy atom. The Morgan fingerprint density at radius 2 is 1.91 bits per heavy atom. The van der Waals surface area contributed by atoms with Crippen molar-refractivity contribution < 1.29 is 28.2 Å². The summed E-state index contributed by atoms with van der Waals surface area (Å²) in [7, 11) is 1.60. The van der Waals surface area contributed by atoms with Gasteiger partial charge in [-0.2, -0.15) is 0 Å². The summed E-state index contributed by atoms with van der Waals surface area (Å²) < 4.78 is 30.8. The second-order valence-corrected chi connectivity index (χ2v) is 8.60. The van der Waals surface area contributed by atoms with Gasteiger partial charge in [0.2, 0.25) is 0 Å². The summed E-state index contributed by atoms with van der Waals surface area (Å²) in [4.78, 5) is 11.3. The van der Waals surface area contributed by atoms with Crippen molar-refractivity contribution in [2.24, 2.45) is 5.73 Å². The van der Waals surface area contributed by atoms with E-state index in [4.69, 9.17) is 19.6 Å². The van der Waals surface area contributed by atoms with Crippen LogP contribution in [0.15, 0.2) is 65.1 Å². The van der Waals surface area contributed by atoms with Crippen LogP contribution in [0, 0.1) is 6.92 Å². The van der Waals surface area contributed by atoms with Crippen LogP contribution in [0.3, 0.4) is 0 Å². The molecule has 0 aliphatic rings. The summed E-state index contributed by atoms with van der Waals surface area (Å²) in [5.74, 6) is 0.311. The molecule has 0 amide bonds. The van der Waals surface area contributed by atoms with Gasteiger partial charge in [0.15, 0.2) is 6.30 Å². The lowest BCUT2D eigenvalue weighted by atomic mass is 9.98. The summed E-state index contributed by atoms with van der Waals surface area (Å²) in [5.41, 5.74) is 11.0. The lowest BCUT2D eigenvalue weighted by molar-refractivity contribution is -0.136. The average molecular weight is 478 g/mol. The maximum atomic E-state index is 13.4. The number of hydrogen-bond acceptors (Lipinski definition) is 5. The van der Waals surface area contributed by atoms with Gasteiger partial charge in [0.1, 0.15) is 30.3 Å². The van der Waals surface area contributed by atoms with Crippen molar-refractivity contribution in [2.45, 2.75) is 39.3 Å². The number of fused-ring (bicyclic) bond motifs is 1. The van der Waals surface area contributed by atoms with E-state index >= 15 is 0 Å². The number of carboxylic acid groups (broad SMARTS) is 1. The zero-order chi connectivity index (χ0) is 24.9. The van der Waals surface area contributed by atoms with Gasteiger partial charge in [-0.05, 0) is 53.4 Å². The first-order valence-corrected chi connectivity index (χ1v) is 11.3. The van der Waals surface area contributed by atoms with Crippen LogP contribution in [0.4, 0.5) is 4.39 Å². The van der Waals surface area contributed by atoms with Crippen molar-refractivity contribution in [1.29, 1.82) is 0 Å². The van der Waals surface area contributed by atoms with E-state index in [1.807, 2.05) is 61.5 Å². The molecule has 4 rings (SSSR count). The lowest BCUT2D eigenvalue weighted by Gasteiger charge is -2.13. The topological polar surface area (TPSA) is 94.9 Å². The monoisotopic (exact) mass is 477 g/mol. The zero-order valence-corrected chi connectivity index (χ0v) is 19.7. The molecular formula is C28H28FNO5. The number of rotatable bonds is 10. The molecule has 3 N–H and O–H groups in total. The van der Waals surface area contributed by atoms with Crippen molar-refractivity contribution in [1.82, 2.24) is 0 Å². The Morgan fingerprint density at radius 3 is 2.66 bits per heavy atom. The molecule has 3 aromatic carbocycles. The number of hydrogen-bond donors (Lipinski definition) is 2. The molecule has 0 spiro atoms. The molecule has 0 bridgehead atoms. The van der Waals surface area contributed by atoms with E-state index in [1.165, 1.54) is 0 Å². The van der Waals surface area contributed by atoms with Crippen LogP contribution in [0.5, 0.6) is 5.75 Å². The summed E-state index contributed by atoms with van der Waals surface area (Å²) in [5, 5.41) is 10.1. The van der Waals surface area contributed by atoms with Crippen LogP contribution in [0.1, 0.15) is 28.0 Å². The van der Waals surface area contributed by atoms with Gasteiger partial charge in [-0.3, -0.25) is 4.79 Å². The highest BCUT2D eigenvalue weighted by molar-refractivity contribution is 5.93. The molecule has 0 aliphatic heterocycles. The molecule has 0 aliphatic carbocycles. The van der Waals surface area contributed by atoms with Gasteiger partial charge in [0, 0.05) is 30.0 Å². The highest BCUT2D eigenvalue weighted by Crippen LogP contribution is 2.34. The van der Waals surface area contributed by atoms with Crippen LogP contribution in [-0.4, -0.2) is 24.5 Å². The van der Waals surface area contributed by atoms with Crippen molar-refractivity contribution in [3.8, 4) is 16.9 Å². The third-order valence-corrected chi connectivity index (χ3v) is 5.64. The molecule has 4 aromatic rings. The lowest BCUT2D eigenvalue weighted by Crippen LogP contribution is -2.15. The van der Waals surface area contributed by atoms with Crippen LogP contribution >= 0.6 is 0 Å². The highest BCUT2D eigenvalue weighted by Gasteiger charge is 2.15. The fraction of sp³-hybridized carbons (Fsp3) is 0.250. The molecule has 182 valence electrons. The number of alkyl halides is 1. The quantitative estimate of drug-likeness (QED) is 0.291. The van der Waals surface area contributed by atoms with Gasteiger partial charge >= 0.3 is 5.97 Å². The van der Waals surface area contributed by atoms with Gasteiger partial charge < -0.3 is 24.7 Å². The van der Waals surface area contributed by atoms with Crippen molar-refractivity contribution in [2.75, 3.05) is 7.11 Å². The second kappa shape index (κ2) is 10.7. The number of carbonyl (C=O) groups is 1. The predicted octanol–water partition coefficient (Wildman–Crippen LogP) is 5.56. The first kappa shape index (κ1) is 24.4. The number of aliphatic carboxylic acids is 1. The van der Waals surface area contributed by atoms with E-state index in [0.717, 1.165) is 33.2 Å². The third-order valence-electron chi connectivity index (χ3n) is 5.64. The van der Waals surface area contributed by atoms with Crippen molar-refractivity contribution in [3.63, 3.8) is 0 Å². The van der Waals surface area contributed by atoms with Crippen LogP contribution in [0.2, 0.25) is 0 Å². The van der Waals surface area contributed by atoms with E-state index in [0.29, 0.717) is 29.3 Å². The fourth-order valence-electron chi connectivity index (χ4n) is 4.14. The third kappa shape index (κ3) is 6.07. The minimum Gasteiger partial charge on any atom is -0.489 e. The minimum absolute atomic E-state index is 0.118. The molecule has 0 unspecified atom stereocenters. The number of nitrogens with two attached hydrogens (primary N) is 1. The molecule has 1 atom stereocenters. The smallest absolute Gasteiger partial charge is 0.307 e. The Kier molecular flexibility index (Phi) is 7.48. The molecule has 1 heterocycles. The first-order chi connectivity index (χ1) is 16.8. The van der Waals surface area contributed by atoms with E-state index < -0.39 is 12.3 Å². The zero-order valence-electron chi connectivity index (χ0n) is 19.7. The number of methoxy groups -OCH3 is 1. The molecule has 0 saturated carbocycles. The molecule has 0 radical (unpaired) electrons. The Hall–Kier alpha value is -3.68. The van der Waals surface area contributed by atoms with Gasteiger partial charge in [-0.15, -0.1) is 0 Å². The molecule has 7 heteroatoms. The first-order valence-electron chi connectivity index (χ1n) is 11.3. The number of aryl methyl sites for hydroxylation is 1. The summed E-state index contributed by atoms with van der Waals surface area (Å²) in [6.07, 6.45) is -1.44. The van der Waals surface area contributed by atoms with E-state index in [1.54, 1.807) is 13.2 Å². The van der Waals surface area contributed by atoms with E-state index in [-0.39, 0.29) is 19.4 Å². The average Bonchev–Trinajstić information content (AvgIpc) is 3.21. The molecule has 0 fully saturated rings. The molecular weight excluding hydrogens is 449 g/mol. The summed E-state index contributed by atoms with van der Waals surface area (Å²) >= 11 is 0. The Bertz CT molecular complexity index is 1340. The maximum absolute atomic E-state index is 13.4. The number of furan rings is 1. The van der Waals surface area contributed by atoms with Gasteiger partial charge in [0.05, 0.1) is 6.42 Å². The highest BCUT2D eigenvalue weighted by atomic mass is 19.1. The second-order valence-electron chi connectivity index (χ2n) is 8.60. The largest absolute Gasteiger partial charge is 0.489 e. The standard InChI is InChI=1S/C28H28FNO5/c1-17-6-7-21(14-27(31)32)25(8-17)34-15-19-10-22-13-23(16-33-2)35-28(22)24(11-19)20-5-3-4-18(9-20)12-26(29)30/h3-11,13,26H,12,14-16,30H2,1-2H3,(H,31,32)/t26-/m1/s1. The van der Waals surface area contributed by atoms with Crippen LogP contribution < -0.4 is 10.5 Å². The molecule has 1 aromatic heterocycles. The summed E-state index contributed by atoms with van der Waals surface area (Å²) in [6, 6.07) is 18.9. The minimum atomic E-state index is -1.43. The number of ether oxygens (including phenoxy) is 2. The normalized spacial score (nSPS) is 12.1. The van der Waals surface area contributed by atoms with Crippen molar-refractivity contribution in [3.05, 3.63) is 88.7 Å². The number of halogens is 1. The van der Waals surface area contributed by atoms with Crippen LogP contribution in [-0.2, 0) is 35.6 Å². The summed E-state index contributed by atoms with van der Waals surface area (Å²) in [6.45, 7) is 2.50. The van der Waals surface area contributed by atoms with E-state index in [9.17, 15) is 14.3 Å². The van der Waals surface area contributed by atoms with Gasteiger partial charge in [-0.25, -0.2) is 4.39 Å². The molecule has 6 nitrogen and oxygen atoms in total. The van der Waals surface area contributed by atoms with E-state index in [2.05, 4.69) is 0 Å². The van der Waals surface area contributed by atoms with Crippen molar-refractivity contribution >= 4 is 16.9 Å². The fourth-order valence-corrected chi connectivity index (χ4v) is 4.14. The Balaban J connectivity index is 1.72. The maximum Gasteiger partial charge on any atom is 0.307 e. The molecule has 35 heavy (non-hydrogen) atoms. The SMILES string of the molecule is COCc1cc2cc(COc3cc(C)ccc3CC(=O)O)cc(-c3cccc(C[C@@H](N)F)c3)c2o1. The molecule has 0 saturated heterocycles. The van der Waals surface area contributed by atoms with Crippen LogP contribution in [0.25, 0.3) is 22.1 Å². The number of carboxylic acids is 1. The Labute approximate surface area is 203 Å². The van der Waals surface area contributed by atoms with Gasteiger partial charge in [0.25, 0.3) is 0 Å². The van der Waals surface area contributed by atoms with Gasteiger partial charge in [-0.1, -0.05) is 36.4 Å².